The number of unbranched alkanes of at least 4 members (excludes halogenated alkanes) is 4. The summed E-state index contributed by atoms with van der Waals surface area (Å²) in [5.41, 5.74) is -0.759. The number of fused-ring (bicyclic) bond motifs is 1. The van der Waals surface area contributed by atoms with Crippen LogP contribution in [0.2, 0.25) is 0 Å². The van der Waals surface area contributed by atoms with Gasteiger partial charge in [-0.1, -0.05) is 58.8 Å². The Balaban J connectivity index is 2.05. The largest absolute Gasteiger partial charge is 0.292 e. The lowest BCUT2D eigenvalue weighted by Gasteiger charge is -2.33. The molecule has 0 amide bonds. The first-order chi connectivity index (χ1) is 10.1. The van der Waals surface area contributed by atoms with Crippen LogP contribution < -0.4 is 0 Å². The van der Waals surface area contributed by atoms with E-state index < -0.39 is 11.5 Å². The summed E-state index contributed by atoms with van der Waals surface area (Å²) in [6, 6.07) is 0. The number of nitrogens with zero attached hydrogens (tertiary/aromatic N) is 1. The van der Waals surface area contributed by atoms with Crippen LogP contribution in [0.15, 0.2) is 0 Å². The molecule has 0 aromatic carbocycles. The Hall–Kier alpha value is -0.180. The number of alkyl halides is 2. The normalized spacial score (nSPS) is 31.0. The van der Waals surface area contributed by atoms with Crippen molar-refractivity contribution in [2.75, 3.05) is 13.1 Å². The average Bonchev–Trinajstić information content (AvgIpc) is 3.03. The van der Waals surface area contributed by atoms with Crippen molar-refractivity contribution in [1.82, 2.24) is 4.90 Å². The van der Waals surface area contributed by atoms with Crippen LogP contribution in [-0.4, -0.2) is 29.5 Å². The zero-order chi connectivity index (χ0) is 15.3. The molecular formula is C18H33F2N. The van der Waals surface area contributed by atoms with E-state index in [0.717, 1.165) is 83.7 Å². The van der Waals surface area contributed by atoms with E-state index in [0.29, 0.717) is 0 Å². The van der Waals surface area contributed by atoms with Gasteiger partial charge in [0, 0.05) is 5.92 Å². The lowest BCUT2D eigenvalue weighted by molar-refractivity contribution is 0.0135. The highest BCUT2D eigenvalue weighted by Gasteiger charge is 2.81. The van der Waals surface area contributed by atoms with Crippen LogP contribution in [0, 0.1) is 5.92 Å². The van der Waals surface area contributed by atoms with Gasteiger partial charge < -0.3 is 0 Å². The SMILES string of the molecule is CCCCCN(CCCCC)[C@]12CCCCC[C@H]1C2(F)F. The summed E-state index contributed by atoms with van der Waals surface area (Å²) in [6.45, 7) is 6.12. The highest BCUT2D eigenvalue weighted by Crippen LogP contribution is 2.67. The molecule has 0 saturated heterocycles. The summed E-state index contributed by atoms with van der Waals surface area (Å²) in [7, 11) is 0. The molecule has 21 heavy (non-hydrogen) atoms. The monoisotopic (exact) mass is 301 g/mol. The van der Waals surface area contributed by atoms with Crippen molar-refractivity contribution in [3.63, 3.8) is 0 Å². The lowest BCUT2D eigenvalue weighted by Crippen LogP contribution is -2.43. The zero-order valence-corrected chi connectivity index (χ0v) is 14.0. The molecule has 2 rings (SSSR count). The van der Waals surface area contributed by atoms with Gasteiger partial charge >= 0.3 is 0 Å². The van der Waals surface area contributed by atoms with Crippen molar-refractivity contribution in [3.05, 3.63) is 0 Å². The van der Waals surface area contributed by atoms with E-state index in [1.54, 1.807) is 0 Å². The fraction of sp³-hybridized carbons (Fsp3) is 1.00. The maximum atomic E-state index is 14.6. The van der Waals surface area contributed by atoms with Crippen LogP contribution in [0.4, 0.5) is 8.78 Å². The predicted octanol–water partition coefficient (Wildman–Crippen LogP) is 5.64. The minimum Gasteiger partial charge on any atom is -0.292 e. The molecule has 3 heteroatoms. The van der Waals surface area contributed by atoms with E-state index in [1.165, 1.54) is 0 Å². The Morgan fingerprint density at radius 2 is 1.52 bits per heavy atom. The zero-order valence-electron chi connectivity index (χ0n) is 14.0. The second kappa shape index (κ2) is 7.39. The molecule has 2 fully saturated rings. The fourth-order valence-corrected chi connectivity index (χ4v) is 4.40. The molecule has 2 saturated carbocycles. The van der Waals surface area contributed by atoms with Gasteiger partial charge in [0.15, 0.2) is 0 Å². The highest BCUT2D eigenvalue weighted by molar-refractivity contribution is 5.26. The van der Waals surface area contributed by atoms with Gasteiger partial charge in [-0.2, -0.15) is 0 Å². The van der Waals surface area contributed by atoms with Crippen LogP contribution in [0.5, 0.6) is 0 Å². The molecule has 0 bridgehead atoms. The third-order valence-electron chi connectivity index (χ3n) is 5.69. The number of rotatable bonds is 9. The third kappa shape index (κ3) is 3.28. The molecule has 1 nitrogen and oxygen atoms in total. The Kier molecular flexibility index (Phi) is 6.05. The van der Waals surface area contributed by atoms with Gasteiger partial charge in [-0.3, -0.25) is 4.90 Å². The standard InChI is InChI=1S/C18H33F2N/c1-3-5-10-14-21(15-11-6-4-2)17-13-9-7-8-12-16(17)18(17,19)20/h16H,3-15H2,1-2H3/t16-,17-/m1/s1. The third-order valence-corrected chi connectivity index (χ3v) is 5.69. The Labute approximate surface area is 129 Å². The van der Waals surface area contributed by atoms with E-state index in [9.17, 15) is 8.78 Å². The number of hydrogen-bond acceptors (Lipinski definition) is 1. The van der Waals surface area contributed by atoms with Crippen molar-refractivity contribution < 1.29 is 8.78 Å². The van der Waals surface area contributed by atoms with Gasteiger partial charge in [0.2, 0.25) is 0 Å². The fourth-order valence-electron chi connectivity index (χ4n) is 4.40. The lowest BCUT2D eigenvalue weighted by atomic mass is 10.0. The first kappa shape index (κ1) is 17.2. The Bertz CT molecular complexity index is 308. The minimum absolute atomic E-state index is 0.351. The highest BCUT2D eigenvalue weighted by atomic mass is 19.3. The van der Waals surface area contributed by atoms with Crippen LogP contribution in [-0.2, 0) is 0 Å². The molecule has 0 aromatic rings. The summed E-state index contributed by atoms with van der Waals surface area (Å²) >= 11 is 0. The van der Waals surface area contributed by atoms with Crippen molar-refractivity contribution in [3.8, 4) is 0 Å². The molecule has 2 aliphatic carbocycles. The Morgan fingerprint density at radius 3 is 2.10 bits per heavy atom. The Morgan fingerprint density at radius 1 is 0.905 bits per heavy atom. The van der Waals surface area contributed by atoms with Crippen molar-refractivity contribution in [1.29, 1.82) is 0 Å². The molecule has 124 valence electrons. The molecule has 0 aromatic heterocycles. The first-order valence-electron chi connectivity index (χ1n) is 9.24. The molecular weight excluding hydrogens is 268 g/mol. The average molecular weight is 301 g/mol. The molecule has 0 spiro atoms. The van der Waals surface area contributed by atoms with Gasteiger partial charge in [-0.15, -0.1) is 0 Å². The van der Waals surface area contributed by atoms with E-state index in [1.807, 2.05) is 0 Å². The van der Waals surface area contributed by atoms with Gasteiger partial charge in [-0.05, 0) is 38.8 Å². The molecule has 0 radical (unpaired) electrons. The number of halogens is 2. The van der Waals surface area contributed by atoms with Crippen molar-refractivity contribution in [2.45, 2.75) is 95.9 Å². The summed E-state index contributed by atoms with van der Waals surface area (Å²) < 4.78 is 29.1. The summed E-state index contributed by atoms with van der Waals surface area (Å²) in [6.07, 6.45) is 11.4. The van der Waals surface area contributed by atoms with Crippen LogP contribution in [0.1, 0.15) is 84.5 Å². The molecule has 0 heterocycles. The van der Waals surface area contributed by atoms with Crippen molar-refractivity contribution >= 4 is 0 Å². The van der Waals surface area contributed by atoms with Gasteiger partial charge in [0.05, 0.1) is 5.54 Å². The topological polar surface area (TPSA) is 3.24 Å². The van der Waals surface area contributed by atoms with E-state index in [2.05, 4.69) is 18.7 Å². The second-order valence-electron chi connectivity index (χ2n) is 7.10. The van der Waals surface area contributed by atoms with Crippen molar-refractivity contribution in [2.24, 2.45) is 5.92 Å². The predicted molar refractivity (Wildman–Crippen MR) is 84.9 cm³/mol. The maximum Gasteiger partial charge on any atom is 0.271 e. The molecule has 2 aliphatic rings. The van der Waals surface area contributed by atoms with E-state index >= 15 is 0 Å². The molecule has 0 unspecified atom stereocenters. The van der Waals surface area contributed by atoms with Crippen LogP contribution in [0.3, 0.4) is 0 Å². The molecule has 2 atom stereocenters. The van der Waals surface area contributed by atoms with Crippen LogP contribution in [0.25, 0.3) is 0 Å². The first-order valence-corrected chi connectivity index (χ1v) is 9.24. The van der Waals surface area contributed by atoms with E-state index in [-0.39, 0.29) is 5.92 Å². The van der Waals surface area contributed by atoms with Gasteiger partial charge in [0.1, 0.15) is 0 Å². The van der Waals surface area contributed by atoms with Gasteiger partial charge in [0.25, 0.3) is 5.92 Å². The molecule has 0 N–H and O–H groups in total. The maximum absolute atomic E-state index is 14.6. The summed E-state index contributed by atoms with van der Waals surface area (Å²) in [4.78, 5) is 2.22. The summed E-state index contributed by atoms with van der Waals surface area (Å²) in [5.74, 6) is -2.78. The quantitative estimate of drug-likeness (QED) is 0.498. The van der Waals surface area contributed by atoms with E-state index in [4.69, 9.17) is 0 Å². The van der Waals surface area contributed by atoms with Gasteiger partial charge in [-0.25, -0.2) is 8.78 Å². The molecule has 0 aliphatic heterocycles. The van der Waals surface area contributed by atoms with Crippen LogP contribution >= 0.6 is 0 Å². The minimum atomic E-state index is -2.42. The second-order valence-corrected chi connectivity index (χ2v) is 7.10. The number of hydrogen-bond donors (Lipinski definition) is 0. The summed E-state index contributed by atoms with van der Waals surface area (Å²) in [5, 5.41) is 0. The smallest absolute Gasteiger partial charge is 0.271 e.